The summed E-state index contributed by atoms with van der Waals surface area (Å²) in [5.41, 5.74) is 13.0. The number of carbonyl (C=O) groups excluding carboxylic acids is 1. The minimum Gasteiger partial charge on any atom is -0.402 e. The van der Waals surface area contributed by atoms with E-state index in [4.69, 9.17) is 16.2 Å². The Balaban J connectivity index is 1.84. The Kier molecular flexibility index (Phi) is 5.03. The quantitative estimate of drug-likeness (QED) is 0.449. The number of halogens is 2. The van der Waals surface area contributed by atoms with E-state index >= 15 is 0 Å². The van der Waals surface area contributed by atoms with Crippen LogP contribution in [0, 0.1) is 11.6 Å². The summed E-state index contributed by atoms with van der Waals surface area (Å²) in [7, 11) is 1.36. The van der Waals surface area contributed by atoms with Crippen molar-refractivity contribution in [2.45, 2.75) is 6.42 Å². The van der Waals surface area contributed by atoms with Gasteiger partial charge in [0.1, 0.15) is 17.2 Å². The van der Waals surface area contributed by atoms with E-state index in [0.29, 0.717) is 16.8 Å². The highest BCUT2D eigenvalue weighted by atomic mass is 19.1. The molecule has 1 amide bonds. The maximum absolute atomic E-state index is 14.1. The van der Waals surface area contributed by atoms with E-state index in [0.717, 1.165) is 6.20 Å². The number of pyridine rings is 1. The highest BCUT2D eigenvalue weighted by molar-refractivity contribution is 5.80. The Morgan fingerprint density at radius 1 is 1.19 bits per heavy atom. The molecule has 0 spiro atoms. The Bertz CT molecular complexity index is 1280. The SMILES string of the molecule is CNC(=O)Oc1c(N)nc(-n2nc(Cc3ccccc3F)c3ncc(F)cc32)nc1N. The first-order chi connectivity index (χ1) is 14.9. The van der Waals surface area contributed by atoms with Crippen molar-refractivity contribution in [2.75, 3.05) is 18.5 Å². The predicted octanol–water partition coefficient (Wildman–Crippen LogP) is 1.96. The molecule has 5 N–H and O–H groups in total. The first-order valence-electron chi connectivity index (χ1n) is 8.97. The molecule has 0 saturated carbocycles. The molecule has 4 rings (SSSR count). The number of amides is 1. The van der Waals surface area contributed by atoms with Crippen LogP contribution in [-0.2, 0) is 6.42 Å². The normalized spacial score (nSPS) is 10.9. The summed E-state index contributed by atoms with van der Waals surface area (Å²) in [5.74, 6) is -1.81. The molecule has 0 aliphatic heterocycles. The number of nitrogens with two attached hydrogens (primary N) is 2. The van der Waals surface area contributed by atoms with Gasteiger partial charge < -0.3 is 21.5 Å². The molecule has 0 saturated heterocycles. The lowest BCUT2D eigenvalue weighted by atomic mass is 10.1. The highest BCUT2D eigenvalue weighted by Gasteiger charge is 2.21. The van der Waals surface area contributed by atoms with E-state index < -0.39 is 17.7 Å². The van der Waals surface area contributed by atoms with Gasteiger partial charge in [-0.05, 0) is 11.6 Å². The predicted molar refractivity (Wildman–Crippen MR) is 108 cm³/mol. The first kappa shape index (κ1) is 19.9. The molecule has 0 atom stereocenters. The Morgan fingerprint density at radius 3 is 2.58 bits per heavy atom. The second kappa shape index (κ2) is 7.82. The average Bonchev–Trinajstić information content (AvgIpc) is 3.09. The van der Waals surface area contributed by atoms with Crippen molar-refractivity contribution >= 4 is 28.8 Å². The lowest BCUT2D eigenvalue weighted by molar-refractivity contribution is 0.203. The van der Waals surface area contributed by atoms with Crippen molar-refractivity contribution in [3.05, 3.63) is 59.4 Å². The number of nitrogen functional groups attached to an aromatic ring is 2. The van der Waals surface area contributed by atoms with Crippen molar-refractivity contribution in [2.24, 2.45) is 0 Å². The van der Waals surface area contributed by atoms with Gasteiger partial charge in [0.05, 0.1) is 17.4 Å². The van der Waals surface area contributed by atoms with Crippen molar-refractivity contribution in [3.63, 3.8) is 0 Å². The van der Waals surface area contributed by atoms with Gasteiger partial charge in [-0.1, -0.05) is 18.2 Å². The summed E-state index contributed by atoms with van der Waals surface area (Å²) in [6, 6.07) is 7.40. The molecule has 0 aliphatic rings. The fraction of sp³-hybridized carbons (Fsp3) is 0.105. The number of nitrogens with zero attached hydrogens (tertiary/aromatic N) is 5. The zero-order valence-corrected chi connectivity index (χ0v) is 16.1. The molecule has 1 aromatic carbocycles. The van der Waals surface area contributed by atoms with Crippen LogP contribution < -0.4 is 21.5 Å². The van der Waals surface area contributed by atoms with E-state index in [9.17, 15) is 13.6 Å². The number of hydrogen-bond donors (Lipinski definition) is 3. The summed E-state index contributed by atoms with van der Waals surface area (Å²) in [5, 5.41) is 6.64. The van der Waals surface area contributed by atoms with Gasteiger partial charge in [0.2, 0.25) is 5.75 Å². The van der Waals surface area contributed by atoms with Gasteiger partial charge in [0.25, 0.3) is 5.95 Å². The van der Waals surface area contributed by atoms with E-state index in [2.05, 4.69) is 25.4 Å². The number of anilines is 2. The van der Waals surface area contributed by atoms with Gasteiger partial charge in [-0.2, -0.15) is 19.7 Å². The lowest BCUT2D eigenvalue weighted by Gasteiger charge is -2.10. The molecule has 0 unspecified atom stereocenters. The van der Waals surface area contributed by atoms with E-state index in [1.807, 2.05) is 0 Å². The smallest absolute Gasteiger partial charge is 0.402 e. The number of hydrogen-bond acceptors (Lipinski definition) is 8. The van der Waals surface area contributed by atoms with Crippen LogP contribution in [0.2, 0.25) is 0 Å². The molecular formula is C19H16F2N8O2. The monoisotopic (exact) mass is 426 g/mol. The number of aromatic nitrogens is 5. The van der Waals surface area contributed by atoms with Gasteiger partial charge in [0.15, 0.2) is 11.6 Å². The van der Waals surface area contributed by atoms with E-state index in [1.54, 1.807) is 18.2 Å². The van der Waals surface area contributed by atoms with E-state index in [1.165, 1.54) is 23.9 Å². The molecule has 12 heteroatoms. The summed E-state index contributed by atoms with van der Waals surface area (Å²) in [6.07, 6.45) is 0.318. The van der Waals surface area contributed by atoms with Crippen LogP contribution >= 0.6 is 0 Å². The summed E-state index contributed by atoms with van der Waals surface area (Å²) < 4.78 is 34.2. The van der Waals surface area contributed by atoms with Gasteiger partial charge in [-0.3, -0.25) is 0 Å². The van der Waals surface area contributed by atoms with Crippen LogP contribution in [-0.4, -0.2) is 37.9 Å². The molecule has 4 aromatic rings. The largest absolute Gasteiger partial charge is 0.412 e. The molecule has 0 fully saturated rings. The standard InChI is InChI=1S/C19H16F2N8O2/c1-24-19(30)31-15-16(22)26-18(27-17(15)23)29-13-7-10(20)8-25-14(13)12(28-29)6-9-4-2-3-5-11(9)21/h2-5,7-8H,6H2,1H3,(H,24,30)(H4,22,23,26,27). The molecule has 0 aliphatic carbocycles. The molecule has 3 heterocycles. The molecular weight excluding hydrogens is 410 g/mol. The second-order valence-electron chi connectivity index (χ2n) is 6.41. The van der Waals surface area contributed by atoms with Crippen molar-refractivity contribution in [3.8, 4) is 11.7 Å². The zero-order valence-electron chi connectivity index (χ0n) is 16.1. The van der Waals surface area contributed by atoms with Gasteiger partial charge in [-0.25, -0.2) is 18.6 Å². The number of rotatable bonds is 4. The maximum atomic E-state index is 14.1. The minimum absolute atomic E-state index is 0.0949. The molecule has 0 radical (unpaired) electrons. The van der Waals surface area contributed by atoms with E-state index in [-0.39, 0.29) is 35.3 Å². The summed E-state index contributed by atoms with van der Waals surface area (Å²) in [6.45, 7) is 0. The Hall–Kier alpha value is -4.35. The highest BCUT2D eigenvalue weighted by Crippen LogP contribution is 2.29. The second-order valence-corrected chi connectivity index (χ2v) is 6.41. The third kappa shape index (κ3) is 3.77. The van der Waals surface area contributed by atoms with Crippen molar-refractivity contribution in [1.29, 1.82) is 0 Å². The van der Waals surface area contributed by atoms with Gasteiger partial charge >= 0.3 is 6.09 Å². The fourth-order valence-electron chi connectivity index (χ4n) is 2.94. The topological polar surface area (TPSA) is 147 Å². The van der Waals surface area contributed by atoms with Crippen molar-refractivity contribution < 1.29 is 18.3 Å². The summed E-state index contributed by atoms with van der Waals surface area (Å²) >= 11 is 0. The minimum atomic E-state index is -0.808. The summed E-state index contributed by atoms with van der Waals surface area (Å²) in [4.78, 5) is 23.7. The Labute approximate surface area is 173 Å². The molecule has 3 aromatic heterocycles. The lowest BCUT2D eigenvalue weighted by Crippen LogP contribution is -2.24. The molecule has 0 bridgehead atoms. The van der Waals surface area contributed by atoms with Gasteiger partial charge in [0, 0.05) is 19.5 Å². The third-order valence-corrected chi connectivity index (χ3v) is 4.37. The van der Waals surface area contributed by atoms with Crippen molar-refractivity contribution in [1.82, 2.24) is 30.0 Å². The number of nitrogens with one attached hydrogen (secondary N) is 1. The Morgan fingerprint density at radius 2 is 1.90 bits per heavy atom. The van der Waals surface area contributed by atoms with Crippen LogP contribution in [0.4, 0.5) is 25.2 Å². The first-order valence-corrected chi connectivity index (χ1v) is 8.97. The van der Waals surface area contributed by atoms with Crippen LogP contribution in [0.25, 0.3) is 17.0 Å². The number of carbonyl (C=O) groups is 1. The molecule has 10 nitrogen and oxygen atoms in total. The average molecular weight is 426 g/mol. The third-order valence-electron chi connectivity index (χ3n) is 4.37. The van der Waals surface area contributed by atoms with Crippen LogP contribution in [0.15, 0.2) is 36.5 Å². The number of fused-ring (bicyclic) bond motifs is 1. The maximum Gasteiger partial charge on any atom is 0.412 e. The van der Waals surface area contributed by atoms with Crippen LogP contribution in [0.5, 0.6) is 5.75 Å². The zero-order chi connectivity index (χ0) is 22.1. The molecule has 31 heavy (non-hydrogen) atoms. The molecule has 158 valence electrons. The van der Waals surface area contributed by atoms with Gasteiger partial charge in [-0.15, -0.1) is 0 Å². The fourth-order valence-corrected chi connectivity index (χ4v) is 2.94. The number of benzene rings is 1. The number of ether oxygens (including phenoxy) is 1. The van der Waals surface area contributed by atoms with Crippen LogP contribution in [0.3, 0.4) is 0 Å². The van der Waals surface area contributed by atoms with Crippen LogP contribution in [0.1, 0.15) is 11.3 Å².